The highest BCUT2D eigenvalue weighted by Gasteiger charge is 2.35. The smallest absolute Gasteiger partial charge is 0.0163 e. The summed E-state index contributed by atoms with van der Waals surface area (Å²) in [6.07, 6.45) is 0. The first-order chi connectivity index (χ1) is 8.01. The van der Waals surface area contributed by atoms with Crippen molar-refractivity contribution in [2.45, 2.75) is 26.2 Å². The molecule has 1 heteroatoms. The van der Waals surface area contributed by atoms with E-state index < -0.39 is 0 Å². The van der Waals surface area contributed by atoms with E-state index in [9.17, 15) is 0 Å². The SMILES string of the molecule is Cc1cc2c(cc1I)C(C)(C)c1ccccc1-2. The van der Waals surface area contributed by atoms with Crippen molar-refractivity contribution in [3.05, 3.63) is 56.7 Å². The van der Waals surface area contributed by atoms with Gasteiger partial charge in [-0.1, -0.05) is 44.2 Å². The molecule has 0 nitrogen and oxygen atoms in total. The van der Waals surface area contributed by atoms with E-state index >= 15 is 0 Å². The van der Waals surface area contributed by atoms with Gasteiger partial charge in [-0.3, -0.25) is 0 Å². The molecule has 86 valence electrons. The zero-order valence-corrected chi connectivity index (χ0v) is 12.5. The number of halogens is 1. The lowest BCUT2D eigenvalue weighted by molar-refractivity contribution is 0.660. The lowest BCUT2D eigenvalue weighted by atomic mass is 9.82. The molecule has 0 N–H and O–H groups in total. The second-order valence-electron chi connectivity index (χ2n) is 5.32. The first-order valence-electron chi connectivity index (χ1n) is 5.92. The topological polar surface area (TPSA) is 0 Å². The first kappa shape index (κ1) is 11.3. The zero-order chi connectivity index (χ0) is 12.2. The molecule has 2 aromatic carbocycles. The van der Waals surface area contributed by atoms with Gasteiger partial charge < -0.3 is 0 Å². The highest BCUT2D eigenvalue weighted by molar-refractivity contribution is 14.1. The van der Waals surface area contributed by atoms with Crippen molar-refractivity contribution in [3.8, 4) is 11.1 Å². The molecule has 0 aliphatic heterocycles. The second-order valence-corrected chi connectivity index (χ2v) is 6.48. The molecule has 0 saturated heterocycles. The third-order valence-electron chi connectivity index (χ3n) is 3.86. The Labute approximate surface area is 116 Å². The van der Waals surface area contributed by atoms with Crippen LogP contribution in [0.4, 0.5) is 0 Å². The van der Waals surface area contributed by atoms with Gasteiger partial charge in [0.15, 0.2) is 0 Å². The Balaban J connectivity index is 2.40. The van der Waals surface area contributed by atoms with Gasteiger partial charge in [-0.15, -0.1) is 0 Å². The molecule has 0 spiro atoms. The summed E-state index contributed by atoms with van der Waals surface area (Å²) in [4.78, 5) is 0. The second kappa shape index (κ2) is 3.58. The van der Waals surface area contributed by atoms with Crippen LogP contribution in [-0.2, 0) is 5.41 Å². The number of aryl methyl sites for hydroxylation is 1. The van der Waals surface area contributed by atoms with Crippen LogP contribution < -0.4 is 0 Å². The van der Waals surface area contributed by atoms with Crippen LogP contribution in [0.1, 0.15) is 30.5 Å². The Morgan fingerprint density at radius 3 is 2.41 bits per heavy atom. The minimum absolute atomic E-state index is 0.138. The summed E-state index contributed by atoms with van der Waals surface area (Å²) in [6.45, 7) is 6.84. The Kier molecular flexibility index (Phi) is 2.37. The van der Waals surface area contributed by atoms with Crippen molar-refractivity contribution in [1.82, 2.24) is 0 Å². The fourth-order valence-electron chi connectivity index (χ4n) is 2.83. The van der Waals surface area contributed by atoms with Crippen LogP contribution in [0.3, 0.4) is 0 Å². The molecule has 0 amide bonds. The molecule has 17 heavy (non-hydrogen) atoms. The highest BCUT2D eigenvalue weighted by Crippen LogP contribution is 2.49. The maximum atomic E-state index is 2.43. The molecule has 3 rings (SSSR count). The van der Waals surface area contributed by atoms with E-state index in [1.165, 1.54) is 31.4 Å². The van der Waals surface area contributed by atoms with Crippen LogP contribution in [0.2, 0.25) is 0 Å². The maximum Gasteiger partial charge on any atom is 0.0163 e. The highest BCUT2D eigenvalue weighted by atomic mass is 127. The molecule has 0 bridgehead atoms. The number of benzene rings is 2. The lowest BCUT2D eigenvalue weighted by Crippen LogP contribution is -2.15. The molecule has 0 unspecified atom stereocenters. The number of hydrogen-bond donors (Lipinski definition) is 0. The average molecular weight is 334 g/mol. The van der Waals surface area contributed by atoms with Gasteiger partial charge in [-0.05, 0) is 63.4 Å². The maximum absolute atomic E-state index is 2.43. The summed E-state index contributed by atoms with van der Waals surface area (Å²) in [5.74, 6) is 0. The van der Waals surface area contributed by atoms with Crippen molar-refractivity contribution < 1.29 is 0 Å². The molecule has 0 fully saturated rings. The van der Waals surface area contributed by atoms with Gasteiger partial charge in [-0.25, -0.2) is 0 Å². The third kappa shape index (κ3) is 1.48. The van der Waals surface area contributed by atoms with Gasteiger partial charge in [0.2, 0.25) is 0 Å². The van der Waals surface area contributed by atoms with Gasteiger partial charge in [-0.2, -0.15) is 0 Å². The van der Waals surface area contributed by atoms with Gasteiger partial charge in [0.25, 0.3) is 0 Å². The Bertz CT molecular complexity index is 609. The number of hydrogen-bond acceptors (Lipinski definition) is 0. The van der Waals surface area contributed by atoms with Crippen LogP contribution in [0, 0.1) is 10.5 Å². The molecule has 0 aromatic heterocycles. The summed E-state index contributed by atoms with van der Waals surface area (Å²) >= 11 is 2.43. The van der Waals surface area contributed by atoms with E-state index in [4.69, 9.17) is 0 Å². The monoisotopic (exact) mass is 334 g/mol. The van der Waals surface area contributed by atoms with Crippen LogP contribution in [0.5, 0.6) is 0 Å². The minimum Gasteiger partial charge on any atom is -0.0619 e. The summed E-state index contributed by atoms with van der Waals surface area (Å²) in [6, 6.07) is 13.5. The molecular formula is C16H15I. The van der Waals surface area contributed by atoms with Crippen LogP contribution in [0.25, 0.3) is 11.1 Å². The molecule has 0 saturated carbocycles. The Morgan fingerprint density at radius 1 is 0.941 bits per heavy atom. The average Bonchev–Trinajstić information content (AvgIpc) is 2.51. The molecular weight excluding hydrogens is 319 g/mol. The lowest BCUT2D eigenvalue weighted by Gasteiger charge is -2.21. The van der Waals surface area contributed by atoms with Gasteiger partial charge in [0, 0.05) is 8.99 Å². The standard InChI is InChI=1S/C16H15I/c1-10-8-12-11-6-4-5-7-13(11)16(2,3)14(12)9-15(10)17/h4-9H,1-3H3. The van der Waals surface area contributed by atoms with Crippen molar-refractivity contribution in [2.24, 2.45) is 0 Å². The van der Waals surface area contributed by atoms with Gasteiger partial charge >= 0.3 is 0 Å². The first-order valence-corrected chi connectivity index (χ1v) is 7.00. The number of fused-ring (bicyclic) bond motifs is 3. The minimum atomic E-state index is 0.138. The van der Waals surface area contributed by atoms with Crippen molar-refractivity contribution in [1.29, 1.82) is 0 Å². The van der Waals surface area contributed by atoms with E-state index in [-0.39, 0.29) is 5.41 Å². The van der Waals surface area contributed by atoms with Crippen molar-refractivity contribution >= 4 is 22.6 Å². The van der Waals surface area contributed by atoms with E-state index in [0.29, 0.717) is 0 Å². The van der Waals surface area contributed by atoms with E-state index in [0.717, 1.165) is 0 Å². The van der Waals surface area contributed by atoms with Gasteiger partial charge in [0.1, 0.15) is 0 Å². The zero-order valence-electron chi connectivity index (χ0n) is 10.3. The van der Waals surface area contributed by atoms with Crippen molar-refractivity contribution in [2.75, 3.05) is 0 Å². The summed E-state index contributed by atoms with van der Waals surface area (Å²) < 4.78 is 1.36. The summed E-state index contributed by atoms with van der Waals surface area (Å²) in [5, 5.41) is 0. The normalized spacial score (nSPS) is 15.5. The van der Waals surface area contributed by atoms with E-state index in [1.54, 1.807) is 0 Å². The van der Waals surface area contributed by atoms with Crippen molar-refractivity contribution in [3.63, 3.8) is 0 Å². The fourth-order valence-corrected chi connectivity index (χ4v) is 3.30. The Hall–Kier alpha value is -0.830. The summed E-state index contributed by atoms with van der Waals surface area (Å²) in [5.41, 5.74) is 7.26. The van der Waals surface area contributed by atoms with Crippen LogP contribution in [-0.4, -0.2) is 0 Å². The fraction of sp³-hybridized carbons (Fsp3) is 0.250. The van der Waals surface area contributed by atoms with E-state index in [2.05, 4.69) is 79.8 Å². The molecule has 2 aromatic rings. The van der Waals surface area contributed by atoms with E-state index in [1.807, 2.05) is 0 Å². The molecule has 0 atom stereocenters. The predicted molar refractivity (Wildman–Crippen MR) is 81.5 cm³/mol. The quantitative estimate of drug-likeness (QED) is 0.601. The Morgan fingerprint density at radius 2 is 1.65 bits per heavy atom. The summed E-state index contributed by atoms with van der Waals surface area (Å²) in [7, 11) is 0. The van der Waals surface area contributed by atoms with Gasteiger partial charge in [0.05, 0.1) is 0 Å². The molecule has 0 heterocycles. The molecule has 1 aliphatic carbocycles. The largest absolute Gasteiger partial charge is 0.0619 e. The molecule has 0 radical (unpaired) electrons. The molecule has 1 aliphatic rings. The van der Waals surface area contributed by atoms with Crippen LogP contribution >= 0.6 is 22.6 Å². The third-order valence-corrected chi connectivity index (χ3v) is 5.02. The number of rotatable bonds is 0. The predicted octanol–water partition coefficient (Wildman–Crippen LogP) is 4.91. The van der Waals surface area contributed by atoms with Crippen LogP contribution in [0.15, 0.2) is 36.4 Å².